The first-order valence-electron chi connectivity index (χ1n) is 12.9. The minimum atomic E-state index is -0.367. The maximum absolute atomic E-state index is 13.8. The van der Waals surface area contributed by atoms with E-state index >= 15 is 0 Å². The minimum absolute atomic E-state index is 0.0806. The maximum Gasteiger partial charge on any atom is 0.170 e. The number of aryl methyl sites for hydroxylation is 2. The average Bonchev–Trinajstić information content (AvgIpc) is 3.69. The van der Waals surface area contributed by atoms with E-state index in [1.807, 2.05) is 25.3 Å². The quantitative estimate of drug-likeness (QED) is 0.203. The van der Waals surface area contributed by atoms with E-state index in [9.17, 15) is 9.18 Å². The Kier molecular flexibility index (Phi) is 8.26. The molecular formula is C31H36FNO. The van der Waals surface area contributed by atoms with Crippen LogP contribution in [0.4, 0.5) is 4.39 Å². The smallest absolute Gasteiger partial charge is 0.170 e. The van der Waals surface area contributed by atoms with Crippen molar-refractivity contribution in [2.75, 3.05) is 0 Å². The molecule has 3 aromatic rings. The van der Waals surface area contributed by atoms with E-state index < -0.39 is 0 Å². The third-order valence-electron chi connectivity index (χ3n) is 7.03. The van der Waals surface area contributed by atoms with Crippen LogP contribution in [0.25, 0.3) is 0 Å². The van der Waals surface area contributed by atoms with Gasteiger partial charge in [-0.15, -0.1) is 0 Å². The van der Waals surface area contributed by atoms with Gasteiger partial charge in [-0.05, 0) is 85.4 Å². The van der Waals surface area contributed by atoms with Gasteiger partial charge in [-0.1, -0.05) is 69.0 Å². The molecule has 4 rings (SSSR count). The number of carbonyl (C=O) groups is 1. The number of ketones is 1. The Bertz CT molecular complexity index is 1080. The fraction of sp³-hybridized carbons (Fsp3) is 0.419. The van der Waals surface area contributed by atoms with E-state index in [2.05, 4.69) is 36.2 Å². The van der Waals surface area contributed by atoms with Gasteiger partial charge in [0.05, 0.1) is 5.92 Å². The molecule has 178 valence electrons. The van der Waals surface area contributed by atoms with E-state index in [1.165, 1.54) is 62.6 Å². The molecule has 0 bridgehead atoms. The van der Waals surface area contributed by atoms with E-state index in [1.54, 1.807) is 6.07 Å². The van der Waals surface area contributed by atoms with Crippen LogP contribution in [0.15, 0.2) is 60.8 Å². The molecule has 2 aromatic carbocycles. The van der Waals surface area contributed by atoms with Gasteiger partial charge >= 0.3 is 0 Å². The topological polar surface area (TPSA) is 30.0 Å². The summed E-state index contributed by atoms with van der Waals surface area (Å²) in [5.41, 5.74) is 5.88. The second-order valence-electron chi connectivity index (χ2n) is 9.84. The van der Waals surface area contributed by atoms with Gasteiger partial charge in [0.1, 0.15) is 5.82 Å². The zero-order valence-corrected chi connectivity index (χ0v) is 20.5. The molecule has 1 saturated carbocycles. The number of hydrogen-bond acceptors (Lipinski definition) is 2. The predicted octanol–water partition coefficient (Wildman–Crippen LogP) is 8.13. The standard InChI is InChI=1S/C31H36FNO/c1-3-4-5-6-7-8-28-17-9-23(21-33-28)20-30(29-18-16-27(32)19-22(29)2)31(34)26-14-12-25(13-15-26)24-10-11-24/h9,12-19,21,24,30H,3-8,10-11,20H2,1-2H3. The fourth-order valence-electron chi connectivity index (χ4n) is 4.78. The number of aromatic nitrogens is 1. The molecule has 1 unspecified atom stereocenters. The number of halogens is 1. The summed E-state index contributed by atoms with van der Waals surface area (Å²) in [5.74, 6) is 0.104. The van der Waals surface area contributed by atoms with Crippen molar-refractivity contribution in [2.45, 2.75) is 83.5 Å². The van der Waals surface area contributed by atoms with Gasteiger partial charge < -0.3 is 0 Å². The van der Waals surface area contributed by atoms with Crippen molar-refractivity contribution >= 4 is 5.78 Å². The molecule has 0 spiro atoms. The molecule has 1 aliphatic rings. The first-order chi connectivity index (χ1) is 16.5. The molecule has 34 heavy (non-hydrogen) atoms. The van der Waals surface area contributed by atoms with Crippen molar-refractivity contribution in [1.82, 2.24) is 4.98 Å². The van der Waals surface area contributed by atoms with Crippen LogP contribution >= 0.6 is 0 Å². The van der Waals surface area contributed by atoms with E-state index in [-0.39, 0.29) is 17.5 Å². The summed E-state index contributed by atoms with van der Waals surface area (Å²) < 4.78 is 13.8. The van der Waals surface area contributed by atoms with Crippen LogP contribution in [-0.4, -0.2) is 10.8 Å². The highest BCUT2D eigenvalue weighted by molar-refractivity contribution is 6.01. The third-order valence-corrected chi connectivity index (χ3v) is 7.03. The molecule has 0 aliphatic heterocycles. The van der Waals surface area contributed by atoms with Gasteiger partial charge in [-0.3, -0.25) is 9.78 Å². The maximum atomic E-state index is 13.8. The zero-order chi connectivity index (χ0) is 23.9. The fourth-order valence-corrected chi connectivity index (χ4v) is 4.78. The van der Waals surface area contributed by atoms with Crippen LogP contribution < -0.4 is 0 Å². The summed E-state index contributed by atoms with van der Waals surface area (Å²) in [4.78, 5) is 18.3. The Labute approximate surface area is 203 Å². The van der Waals surface area contributed by atoms with E-state index in [0.29, 0.717) is 12.3 Å². The largest absolute Gasteiger partial charge is 0.293 e. The molecule has 1 fully saturated rings. The molecular weight excluding hydrogens is 421 g/mol. The van der Waals surface area contributed by atoms with Gasteiger partial charge in [0.25, 0.3) is 0 Å². The molecule has 3 heteroatoms. The molecule has 2 nitrogen and oxygen atoms in total. The minimum Gasteiger partial charge on any atom is -0.293 e. The molecule has 1 heterocycles. The van der Waals surface area contributed by atoms with Crippen LogP contribution in [0.1, 0.15) is 102 Å². The SMILES string of the molecule is CCCCCCCc1ccc(CC(C(=O)c2ccc(C3CC3)cc2)c2ccc(F)cc2C)cn1. The molecule has 0 radical (unpaired) electrons. The van der Waals surface area contributed by atoms with Gasteiger partial charge in [0.2, 0.25) is 0 Å². The normalized spacial score (nSPS) is 14.2. The molecule has 1 aromatic heterocycles. The lowest BCUT2D eigenvalue weighted by Crippen LogP contribution is -2.17. The summed E-state index contributed by atoms with van der Waals surface area (Å²) in [6.45, 7) is 4.11. The van der Waals surface area contributed by atoms with Gasteiger partial charge in [-0.25, -0.2) is 4.39 Å². The second-order valence-corrected chi connectivity index (χ2v) is 9.84. The number of Topliss-reactive ketones (excluding diaryl/α,β-unsaturated/α-hetero) is 1. The van der Waals surface area contributed by atoms with Crippen LogP contribution in [-0.2, 0) is 12.8 Å². The number of carbonyl (C=O) groups excluding carboxylic acids is 1. The Hall–Kier alpha value is -2.81. The summed E-state index contributed by atoms with van der Waals surface area (Å²) in [6, 6.07) is 17.0. The van der Waals surface area contributed by atoms with Crippen molar-refractivity contribution < 1.29 is 9.18 Å². The second kappa shape index (κ2) is 11.6. The molecule has 1 aliphatic carbocycles. The summed E-state index contributed by atoms with van der Waals surface area (Å²) >= 11 is 0. The number of rotatable bonds is 12. The summed E-state index contributed by atoms with van der Waals surface area (Å²) in [5, 5.41) is 0. The van der Waals surface area contributed by atoms with Crippen molar-refractivity contribution in [3.05, 3.63) is 100 Å². The number of nitrogens with zero attached hydrogens (tertiary/aromatic N) is 1. The van der Waals surface area contributed by atoms with Crippen molar-refractivity contribution in [3.63, 3.8) is 0 Å². The average molecular weight is 458 g/mol. The van der Waals surface area contributed by atoms with Gasteiger partial charge in [0.15, 0.2) is 5.78 Å². The summed E-state index contributed by atoms with van der Waals surface area (Å²) in [7, 11) is 0. The lowest BCUT2D eigenvalue weighted by molar-refractivity contribution is 0.0958. The molecule has 0 amide bonds. The third kappa shape index (κ3) is 6.40. The van der Waals surface area contributed by atoms with Crippen LogP contribution in [0.3, 0.4) is 0 Å². The van der Waals surface area contributed by atoms with Crippen LogP contribution in [0.2, 0.25) is 0 Å². The number of unbranched alkanes of at least 4 members (excludes halogenated alkanes) is 4. The number of benzene rings is 2. The van der Waals surface area contributed by atoms with Crippen LogP contribution in [0.5, 0.6) is 0 Å². The monoisotopic (exact) mass is 457 g/mol. The zero-order valence-electron chi connectivity index (χ0n) is 20.5. The van der Waals surface area contributed by atoms with Gasteiger partial charge in [0, 0.05) is 17.5 Å². The molecule has 0 N–H and O–H groups in total. The molecule has 0 saturated heterocycles. The van der Waals surface area contributed by atoms with Crippen molar-refractivity contribution in [1.29, 1.82) is 0 Å². The molecule has 1 atom stereocenters. The van der Waals surface area contributed by atoms with Gasteiger partial charge in [-0.2, -0.15) is 0 Å². The highest BCUT2D eigenvalue weighted by Gasteiger charge is 2.26. The van der Waals surface area contributed by atoms with Crippen molar-refractivity contribution in [3.8, 4) is 0 Å². The highest BCUT2D eigenvalue weighted by Crippen LogP contribution is 2.40. The summed E-state index contributed by atoms with van der Waals surface area (Å²) in [6.07, 6.45) is 12.2. The number of hydrogen-bond donors (Lipinski definition) is 0. The number of pyridine rings is 1. The highest BCUT2D eigenvalue weighted by atomic mass is 19.1. The Morgan fingerprint density at radius 1 is 1.00 bits per heavy atom. The van der Waals surface area contributed by atoms with E-state index in [4.69, 9.17) is 0 Å². The van der Waals surface area contributed by atoms with E-state index in [0.717, 1.165) is 34.4 Å². The predicted molar refractivity (Wildman–Crippen MR) is 137 cm³/mol. The Morgan fingerprint density at radius 2 is 1.76 bits per heavy atom. The lowest BCUT2D eigenvalue weighted by atomic mass is 9.83. The Morgan fingerprint density at radius 3 is 2.41 bits per heavy atom. The first kappa shape index (κ1) is 24.3. The lowest BCUT2D eigenvalue weighted by Gasteiger charge is -2.19. The Balaban J connectivity index is 1.50. The first-order valence-corrected chi connectivity index (χ1v) is 12.9. The van der Waals surface area contributed by atoms with Crippen molar-refractivity contribution in [2.24, 2.45) is 0 Å². The van der Waals surface area contributed by atoms with Crippen LogP contribution in [0, 0.1) is 12.7 Å².